The fraction of sp³-hybridized carbons (Fsp3) is 0.294. The number of likely N-dealkylation sites (N-methyl/N-ethyl adjacent to an activating group) is 1. The van der Waals surface area contributed by atoms with Crippen molar-refractivity contribution in [2.45, 2.75) is 19.9 Å². The second-order valence-corrected chi connectivity index (χ2v) is 5.06. The summed E-state index contributed by atoms with van der Waals surface area (Å²) in [6.07, 6.45) is 0. The van der Waals surface area contributed by atoms with Gasteiger partial charge < -0.3 is 10.1 Å². The summed E-state index contributed by atoms with van der Waals surface area (Å²) in [6.45, 7) is 4.19. The Morgan fingerprint density at radius 1 is 1.10 bits per heavy atom. The second kappa shape index (κ2) is 6.68. The normalized spacial score (nSPS) is 12.2. The van der Waals surface area contributed by atoms with Gasteiger partial charge in [-0.15, -0.1) is 0 Å². The van der Waals surface area contributed by atoms with E-state index in [0.717, 1.165) is 11.1 Å². The molecule has 1 atom stereocenters. The van der Waals surface area contributed by atoms with Crippen LogP contribution in [0.5, 0.6) is 5.75 Å². The van der Waals surface area contributed by atoms with Crippen LogP contribution >= 0.6 is 0 Å². The van der Waals surface area contributed by atoms with Gasteiger partial charge >= 0.3 is 0 Å². The molecular formula is C17H19F2NO. The van der Waals surface area contributed by atoms with E-state index in [1.807, 2.05) is 26.0 Å². The minimum Gasteiger partial charge on any atom is -0.486 e. The van der Waals surface area contributed by atoms with Crippen molar-refractivity contribution in [1.82, 2.24) is 5.32 Å². The van der Waals surface area contributed by atoms with Crippen molar-refractivity contribution in [3.63, 3.8) is 0 Å². The molecule has 0 fully saturated rings. The van der Waals surface area contributed by atoms with Crippen LogP contribution in [0.4, 0.5) is 8.78 Å². The molecule has 0 aliphatic rings. The van der Waals surface area contributed by atoms with E-state index in [0.29, 0.717) is 0 Å². The van der Waals surface area contributed by atoms with E-state index in [4.69, 9.17) is 4.74 Å². The van der Waals surface area contributed by atoms with Crippen molar-refractivity contribution in [2.75, 3.05) is 13.7 Å². The van der Waals surface area contributed by atoms with Crippen LogP contribution in [0.25, 0.3) is 0 Å². The molecule has 1 unspecified atom stereocenters. The first kappa shape index (κ1) is 15.4. The predicted molar refractivity (Wildman–Crippen MR) is 79.6 cm³/mol. The van der Waals surface area contributed by atoms with Crippen LogP contribution in [0.2, 0.25) is 0 Å². The lowest BCUT2D eigenvalue weighted by atomic mass is 10.00. The van der Waals surface area contributed by atoms with Crippen LogP contribution in [-0.4, -0.2) is 13.7 Å². The van der Waals surface area contributed by atoms with Gasteiger partial charge in [0.05, 0.1) is 6.04 Å². The van der Waals surface area contributed by atoms with Gasteiger partial charge in [0.2, 0.25) is 0 Å². The van der Waals surface area contributed by atoms with Crippen LogP contribution < -0.4 is 10.1 Å². The smallest absolute Gasteiger partial charge is 0.190 e. The van der Waals surface area contributed by atoms with E-state index in [1.54, 1.807) is 7.05 Å². The largest absolute Gasteiger partial charge is 0.486 e. The van der Waals surface area contributed by atoms with E-state index in [-0.39, 0.29) is 18.4 Å². The van der Waals surface area contributed by atoms with Crippen molar-refractivity contribution in [1.29, 1.82) is 0 Å². The van der Waals surface area contributed by atoms with Crippen molar-refractivity contribution in [2.24, 2.45) is 0 Å². The number of hydrogen-bond donors (Lipinski definition) is 1. The van der Waals surface area contributed by atoms with E-state index in [2.05, 4.69) is 11.4 Å². The maximum atomic E-state index is 13.6. The first-order chi connectivity index (χ1) is 10.0. The number of ether oxygens (including phenoxy) is 1. The molecule has 2 aromatic carbocycles. The molecule has 112 valence electrons. The van der Waals surface area contributed by atoms with Crippen molar-refractivity contribution < 1.29 is 13.5 Å². The Morgan fingerprint density at radius 2 is 1.76 bits per heavy atom. The Morgan fingerprint density at radius 3 is 2.33 bits per heavy atom. The van der Waals surface area contributed by atoms with Gasteiger partial charge in [-0.25, -0.2) is 8.78 Å². The molecule has 0 aliphatic carbocycles. The van der Waals surface area contributed by atoms with Crippen LogP contribution in [0, 0.1) is 25.5 Å². The van der Waals surface area contributed by atoms with Gasteiger partial charge in [-0.3, -0.25) is 0 Å². The van der Waals surface area contributed by atoms with Crippen LogP contribution in [0.1, 0.15) is 22.7 Å². The fourth-order valence-corrected chi connectivity index (χ4v) is 2.33. The monoisotopic (exact) mass is 291 g/mol. The molecular weight excluding hydrogens is 272 g/mol. The third-order valence-electron chi connectivity index (χ3n) is 3.46. The van der Waals surface area contributed by atoms with Crippen LogP contribution in [0.3, 0.4) is 0 Å². The Balaban J connectivity index is 2.16. The molecule has 2 aromatic rings. The minimum atomic E-state index is -0.689. The molecule has 0 aromatic heterocycles. The van der Waals surface area contributed by atoms with Crippen LogP contribution in [0.15, 0.2) is 36.4 Å². The topological polar surface area (TPSA) is 21.3 Å². The lowest BCUT2D eigenvalue weighted by Crippen LogP contribution is -2.24. The highest BCUT2D eigenvalue weighted by Crippen LogP contribution is 2.24. The summed E-state index contributed by atoms with van der Waals surface area (Å²) in [5.74, 6) is -1.71. The average Bonchev–Trinajstić information content (AvgIpc) is 2.43. The fourth-order valence-electron chi connectivity index (χ4n) is 2.33. The molecule has 0 amide bonds. The number of rotatable bonds is 5. The molecule has 2 rings (SSSR count). The highest BCUT2D eigenvalue weighted by atomic mass is 19.1. The first-order valence-electron chi connectivity index (χ1n) is 6.84. The van der Waals surface area contributed by atoms with Gasteiger partial charge in [0, 0.05) is 0 Å². The minimum absolute atomic E-state index is 0.135. The van der Waals surface area contributed by atoms with E-state index < -0.39 is 11.6 Å². The molecule has 0 saturated carbocycles. The lowest BCUT2D eigenvalue weighted by molar-refractivity contribution is 0.249. The summed E-state index contributed by atoms with van der Waals surface area (Å²) in [5, 5.41) is 3.12. The Kier molecular flexibility index (Phi) is 4.91. The molecule has 4 heteroatoms. The van der Waals surface area contributed by atoms with Crippen LogP contribution in [-0.2, 0) is 0 Å². The highest BCUT2D eigenvalue weighted by molar-refractivity contribution is 5.33. The maximum absolute atomic E-state index is 13.6. The molecule has 21 heavy (non-hydrogen) atoms. The number of aryl methyl sites for hydroxylation is 2. The number of nitrogens with one attached hydrogen (secondary N) is 1. The van der Waals surface area contributed by atoms with Gasteiger partial charge in [0.1, 0.15) is 6.61 Å². The van der Waals surface area contributed by atoms with Crippen molar-refractivity contribution in [3.8, 4) is 5.75 Å². The zero-order valence-corrected chi connectivity index (χ0v) is 12.4. The molecule has 0 bridgehead atoms. The summed E-state index contributed by atoms with van der Waals surface area (Å²) in [7, 11) is 1.80. The second-order valence-electron chi connectivity index (χ2n) is 5.06. The maximum Gasteiger partial charge on any atom is 0.190 e. The Hall–Kier alpha value is -1.94. The van der Waals surface area contributed by atoms with Crippen molar-refractivity contribution >= 4 is 0 Å². The van der Waals surface area contributed by atoms with Gasteiger partial charge in [-0.05, 0) is 44.2 Å². The summed E-state index contributed by atoms with van der Waals surface area (Å²) < 4.78 is 32.5. The highest BCUT2D eigenvalue weighted by Gasteiger charge is 2.16. The molecule has 0 radical (unpaired) electrons. The van der Waals surface area contributed by atoms with Gasteiger partial charge in [-0.2, -0.15) is 0 Å². The quantitative estimate of drug-likeness (QED) is 0.901. The van der Waals surface area contributed by atoms with Gasteiger partial charge in [-0.1, -0.05) is 29.8 Å². The molecule has 0 aliphatic heterocycles. The van der Waals surface area contributed by atoms with Gasteiger partial charge in [0.25, 0.3) is 0 Å². The third-order valence-corrected chi connectivity index (χ3v) is 3.46. The summed E-state index contributed by atoms with van der Waals surface area (Å²) in [5.41, 5.74) is 3.35. The molecule has 1 N–H and O–H groups in total. The average molecular weight is 291 g/mol. The number of benzene rings is 2. The predicted octanol–water partition coefficient (Wildman–Crippen LogP) is 3.92. The number of para-hydroxylation sites is 1. The van der Waals surface area contributed by atoms with Crippen molar-refractivity contribution in [3.05, 3.63) is 64.7 Å². The standard InChI is InChI=1S/C17H19F2NO/c1-11-7-8-13(12(2)9-11)16(20-3)10-21-17-14(18)5-4-6-15(17)19/h4-9,16,20H,10H2,1-3H3. The van der Waals surface area contributed by atoms with E-state index >= 15 is 0 Å². The Labute approximate surface area is 123 Å². The number of hydrogen-bond acceptors (Lipinski definition) is 2. The summed E-state index contributed by atoms with van der Waals surface area (Å²) in [6, 6.07) is 9.64. The van der Waals surface area contributed by atoms with E-state index in [9.17, 15) is 8.78 Å². The third kappa shape index (κ3) is 3.58. The summed E-state index contributed by atoms with van der Waals surface area (Å²) >= 11 is 0. The van der Waals surface area contributed by atoms with Gasteiger partial charge in [0.15, 0.2) is 17.4 Å². The number of halogens is 2. The lowest BCUT2D eigenvalue weighted by Gasteiger charge is -2.20. The zero-order chi connectivity index (χ0) is 15.4. The molecule has 2 nitrogen and oxygen atoms in total. The molecule has 0 spiro atoms. The SMILES string of the molecule is CNC(COc1c(F)cccc1F)c1ccc(C)cc1C. The Bertz CT molecular complexity index is 608. The molecule has 0 saturated heterocycles. The molecule has 0 heterocycles. The summed E-state index contributed by atoms with van der Waals surface area (Å²) in [4.78, 5) is 0. The zero-order valence-electron chi connectivity index (χ0n) is 12.4. The van der Waals surface area contributed by atoms with E-state index in [1.165, 1.54) is 23.8 Å². The first-order valence-corrected chi connectivity index (χ1v) is 6.84.